The Bertz CT molecular complexity index is 1140. The van der Waals surface area contributed by atoms with E-state index in [1.54, 1.807) is 4.90 Å². The molecule has 164 valence electrons. The fraction of sp³-hybridized carbons (Fsp3) is 0.684. The summed E-state index contributed by atoms with van der Waals surface area (Å²) in [6, 6.07) is -2.43. The van der Waals surface area contributed by atoms with E-state index in [1.165, 1.54) is 11.7 Å². The van der Waals surface area contributed by atoms with E-state index in [0.29, 0.717) is 0 Å². The number of nitrogens with zero attached hydrogens (tertiary/aromatic N) is 2. The highest BCUT2D eigenvalue weighted by atomic mass is 19.3. The zero-order valence-corrected chi connectivity index (χ0v) is 16.4. The van der Waals surface area contributed by atoms with Crippen LogP contribution >= 0.6 is 0 Å². The summed E-state index contributed by atoms with van der Waals surface area (Å²) in [4.78, 5) is 28.9. The second-order valence-corrected chi connectivity index (χ2v) is 8.82. The van der Waals surface area contributed by atoms with Crippen molar-refractivity contribution in [2.75, 3.05) is 20.2 Å². The predicted octanol–water partition coefficient (Wildman–Crippen LogP) is -1.67. The standard InChI is InChI=1S/C19H24F3N5O3/c1-30-15-13-10(17(28)25-18(29)27(13)8-2-3-8)12(23)11(20)14(15)26-5-7-4-19(21,22)16(24)9(7)6-26/h7-9,11,14,16H,2-6,23-24H2,1H3,(H,25,28,29). The molecular weight excluding hydrogens is 403 g/mol. The van der Waals surface area contributed by atoms with Crippen molar-refractivity contribution in [2.45, 2.75) is 49.5 Å². The molecule has 3 aliphatic carbocycles. The quantitative estimate of drug-likeness (QED) is 0.531. The van der Waals surface area contributed by atoms with E-state index >= 15 is 4.39 Å². The number of aromatic nitrogens is 2. The van der Waals surface area contributed by atoms with Gasteiger partial charge in [-0.2, -0.15) is 0 Å². The summed E-state index contributed by atoms with van der Waals surface area (Å²) in [5.41, 5.74) is 10.2. The number of hydrogen-bond donors (Lipinski definition) is 3. The number of alkyl halides is 3. The fourth-order valence-electron chi connectivity index (χ4n) is 5.47. The van der Waals surface area contributed by atoms with Crippen LogP contribution in [0.2, 0.25) is 0 Å². The van der Waals surface area contributed by atoms with Gasteiger partial charge in [-0.1, -0.05) is 0 Å². The molecule has 0 amide bonds. The van der Waals surface area contributed by atoms with Gasteiger partial charge in [-0.05, 0) is 24.7 Å². The number of H-pyrrole nitrogens is 1. The predicted molar refractivity (Wildman–Crippen MR) is 102 cm³/mol. The van der Waals surface area contributed by atoms with Crippen molar-refractivity contribution >= 4 is 11.5 Å². The Balaban J connectivity index is 1.67. The third-order valence-electron chi connectivity index (χ3n) is 7.04. The number of likely N-dealkylation sites (tertiary alicyclic amines) is 1. The smallest absolute Gasteiger partial charge is 0.329 e. The van der Waals surface area contributed by atoms with Gasteiger partial charge in [-0.3, -0.25) is 19.2 Å². The molecule has 5 N–H and O–H groups in total. The van der Waals surface area contributed by atoms with E-state index < -0.39 is 41.3 Å². The van der Waals surface area contributed by atoms with Crippen molar-refractivity contribution in [1.29, 1.82) is 0 Å². The summed E-state index contributed by atoms with van der Waals surface area (Å²) in [6.45, 7) is 0.379. The van der Waals surface area contributed by atoms with Crippen molar-refractivity contribution in [3.63, 3.8) is 0 Å². The van der Waals surface area contributed by atoms with Gasteiger partial charge >= 0.3 is 5.69 Å². The Kier molecular flexibility index (Phi) is 4.17. The molecule has 4 aliphatic rings. The number of hydrogen-bond acceptors (Lipinski definition) is 6. The number of fused-ring (bicyclic) bond motifs is 2. The molecule has 0 radical (unpaired) electrons. The van der Waals surface area contributed by atoms with E-state index in [2.05, 4.69) is 4.98 Å². The number of methoxy groups -OCH3 is 1. The average Bonchev–Trinajstić information content (AvgIpc) is 3.38. The van der Waals surface area contributed by atoms with Crippen LogP contribution in [0, 0.1) is 11.8 Å². The van der Waals surface area contributed by atoms with Crippen molar-refractivity contribution in [1.82, 2.24) is 14.5 Å². The molecule has 0 aromatic carbocycles. The molecule has 3 fully saturated rings. The molecule has 0 bridgehead atoms. The lowest BCUT2D eigenvalue weighted by molar-refractivity contribution is -0.0206. The molecule has 11 heteroatoms. The number of nitrogens with two attached hydrogens (primary N) is 2. The summed E-state index contributed by atoms with van der Waals surface area (Å²) in [5, 5.41) is 0.0987. The van der Waals surface area contributed by atoms with Crippen molar-refractivity contribution < 1.29 is 17.9 Å². The maximum Gasteiger partial charge on any atom is 0.329 e. The molecule has 30 heavy (non-hydrogen) atoms. The Labute approximate surface area is 169 Å². The lowest BCUT2D eigenvalue weighted by atomic mass is 9.97. The molecule has 5 rings (SSSR count). The van der Waals surface area contributed by atoms with Gasteiger partial charge in [0.25, 0.3) is 11.5 Å². The highest BCUT2D eigenvalue weighted by Crippen LogP contribution is 2.47. The number of aromatic amines is 1. The van der Waals surface area contributed by atoms with Crippen LogP contribution in [0.5, 0.6) is 0 Å². The Morgan fingerprint density at radius 1 is 1.23 bits per heavy atom. The van der Waals surface area contributed by atoms with E-state index in [1.807, 2.05) is 0 Å². The minimum Gasteiger partial charge on any atom is -0.497 e. The van der Waals surface area contributed by atoms with Crippen LogP contribution in [-0.4, -0.2) is 58.8 Å². The Morgan fingerprint density at radius 2 is 1.93 bits per heavy atom. The lowest BCUT2D eigenvalue weighted by Gasteiger charge is -2.35. The van der Waals surface area contributed by atoms with Gasteiger partial charge in [0.1, 0.15) is 11.8 Å². The third-order valence-corrected chi connectivity index (χ3v) is 7.04. The van der Waals surface area contributed by atoms with Crippen LogP contribution in [0.25, 0.3) is 11.5 Å². The molecule has 1 saturated heterocycles. The van der Waals surface area contributed by atoms with Gasteiger partial charge in [0.15, 0.2) is 6.17 Å². The summed E-state index contributed by atoms with van der Waals surface area (Å²) < 4.78 is 50.5. The number of ether oxygens (including phenoxy) is 1. The van der Waals surface area contributed by atoms with Gasteiger partial charge in [-0.25, -0.2) is 18.0 Å². The van der Waals surface area contributed by atoms with E-state index in [-0.39, 0.29) is 53.5 Å². The van der Waals surface area contributed by atoms with Gasteiger partial charge < -0.3 is 16.2 Å². The van der Waals surface area contributed by atoms with Crippen LogP contribution in [0.4, 0.5) is 13.2 Å². The number of halogens is 3. The van der Waals surface area contributed by atoms with Crippen LogP contribution in [0.15, 0.2) is 9.59 Å². The molecule has 5 atom stereocenters. The lowest BCUT2D eigenvalue weighted by Crippen LogP contribution is -2.63. The maximum absolute atomic E-state index is 15.5. The Hall–Kier alpha value is -2.27. The van der Waals surface area contributed by atoms with Crippen molar-refractivity contribution in [3.05, 3.63) is 31.4 Å². The largest absolute Gasteiger partial charge is 0.497 e. The molecular formula is C19H24F3N5O3. The van der Waals surface area contributed by atoms with Crippen molar-refractivity contribution in [2.24, 2.45) is 23.3 Å². The first-order valence-electron chi connectivity index (χ1n) is 10.1. The van der Waals surface area contributed by atoms with Crippen LogP contribution in [0.3, 0.4) is 0 Å². The minimum absolute atomic E-state index is 0.0928. The zero-order chi connectivity index (χ0) is 21.5. The third kappa shape index (κ3) is 2.60. The van der Waals surface area contributed by atoms with E-state index in [4.69, 9.17) is 16.2 Å². The van der Waals surface area contributed by atoms with Crippen molar-refractivity contribution in [3.8, 4) is 0 Å². The van der Waals surface area contributed by atoms with Gasteiger partial charge in [0, 0.05) is 25.6 Å². The second-order valence-electron chi connectivity index (χ2n) is 8.82. The molecule has 1 aromatic heterocycles. The fourth-order valence-corrected chi connectivity index (χ4v) is 5.47. The second kappa shape index (κ2) is 6.36. The SMILES string of the molecule is COC1=c2c(c(=O)[nH]c(=O)n2C2CC2)=C(N)C(F)C1N1CC2CC(F)(F)C(N)C2C1. The first kappa shape index (κ1) is 19.7. The molecule has 0 spiro atoms. The van der Waals surface area contributed by atoms with Gasteiger partial charge in [0.2, 0.25) is 0 Å². The summed E-state index contributed by atoms with van der Waals surface area (Å²) in [6.07, 6.45) is -0.633. The van der Waals surface area contributed by atoms with Crippen LogP contribution in [0.1, 0.15) is 25.3 Å². The normalized spacial score (nSPS) is 35.4. The molecule has 2 saturated carbocycles. The summed E-state index contributed by atoms with van der Waals surface area (Å²) in [7, 11) is 1.35. The highest BCUT2D eigenvalue weighted by Gasteiger charge is 2.58. The molecule has 1 aromatic rings. The minimum atomic E-state index is -2.94. The van der Waals surface area contributed by atoms with Crippen LogP contribution < -0.4 is 33.3 Å². The van der Waals surface area contributed by atoms with E-state index in [0.717, 1.165) is 12.8 Å². The first-order chi connectivity index (χ1) is 14.2. The first-order valence-corrected chi connectivity index (χ1v) is 10.1. The zero-order valence-electron chi connectivity index (χ0n) is 16.4. The number of nitrogens with one attached hydrogen (secondary N) is 1. The van der Waals surface area contributed by atoms with Gasteiger partial charge in [-0.15, -0.1) is 0 Å². The topological polar surface area (TPSA) is 119 Å². The van der Waals surface area contributed by atoms with Crippen LogP contribution in [-0.2, 0) is 4.74 Å². The molecule has 1 aliphatic heterocycles. The number of rotatable bonds is 3. The Morgan fingerprint density at radius 3 is 2.53 bits per heavy atom. The summed E-state index contributed by atoms with van der Waals surface area (Å²) in [5.74, 6) is -3.65. The monoisotopic (exact) mass is 427 g/mol. The molecule has 8 nitrogen and oxygen atoms in total. The van der Waals surface area contributed by atoms with E-state index in [9.17, 15) is 18.4 Å². The maximum atomic E-state index is 15.5. The molecule has 5 unspecified atom stereocenters. The average molecular weight is 427 g/mol. The highest BCUT2D eigenvalue weighted by molar-refractivity contribution is 5.60. The van der Waals surface area contributed by atoms with Gasteiger partial charge in [0.05, 0.1) is 29.4 Å². The summed E-state index contributed by atoms with van der Waals surface area (Å²) >= 11 is 0. The molecule has 2 heterocycles.